The van der Waals surface area contributed by atoms with Gasteiger partial charge >= 0.3 is 6.16 Å². The van der Waals surface area contributed by atoms with Gasteiger partial charge in [-0.2, -0.15) is 0 Å². The maximum atomic E-state index is 9.87. The van der Waals surface area contributed by atoms with Crippen molar-refractivity contribution in [1.82, 2.24) is 0 Å². The minimum atomic E-state index is -2.73. The van der Waals surface area contributed by atoms with Crippen LogP contribution < -0.4 is 14.2 Å². The molecule has 3 unspecified atom stereocenters. The number of halogens is 1. The van der Waals surface area contributed by atoms with Crippen molar-refractivity contribution in [2.75, 3.05) is 7.11 Å². The van der Waals surface area contributed by atoms with E-state index in [0.29, 0.717) is 23.7 Å². The van der Waals surface area contributed by atoms with E-state index < -0.39 is 18.4 Å². The highest BCUT2D eigenvalue weighted by Gasteiger charge is 2.42. The van der Waals surface area contributed by atoms with Gasteiger partial charge in [0.15, 0.2) is 11.5 Å². The molecule has 1 fully saturated rings. The Morgan fingerprint density at radius 1 is 1.23 bits per heavy atom. The van der Waals surface area contributed by atoms with E-state index in [-0.39, 0.29) is 23.2 Å². The van der Waals surface area contributed by atoms with Crippen LogP contribution in [0.4, 0.5) is 0 Å². The average Bonchev–Trinajstić information content (AvgIpc) is 2.75. The Morgan fingerprint density at radius 2 is 1.95 bits per heavy atom. The van der Waals surface area contributed by atoms with Gasteiger partial charge in [0.2, 0.25) is 5.75 Å². The lowest BCUT2D eigenvalue weighted by atomic mass is 9.81. The zero-order valence-electron chi connectivity index (χ0n) is 11.8. The van der Waals surface area contributed by atoms with E-state index in [4.69, 9.17) is 14.2 Å². The summed E-state index contributed by atoms with van der Waals surface area (Å²) in [6, 6.07) is 1.63. The smallest absolute Gasteiger partial charge is 0.492 e. The van der Waals surface area contributed by atoms with Gasteiger partial charge in [0.25, 0.3) is 0 Å². The normalized spacial score (nSPS) is 29.5. The molecule has 3 rings (SSSR count). The van der Waals surface area contributed by atoms with E-state index in [1.165, 1.54) is 7.11 Å². The van der Waals surface area contributed by atoms with Crippen molar-refractivity contribution in [1.29, 1.82) is 0 Å². The zero-order chi connectivity index (χ0) is 16.1. The molecule has 1 aromatic rings. The summed E-state index contributed by atoms with van der Waals surface area (Å²) in [5.74, 6) is 0.515. The van der Waals surface area contributed by atoms with Gasteiger partial charge in [-0.25, -0.2) is 0 Å². The van der Waals surface area contributed by atoms with Crippen LogP contribution in [0.1, 0.15) is 30.7 Å². The lowest BCUT2D eigenvalue weighted by Gasteiger charge is -2.31. The number of hydrogen-bond acceptors (Lipinski definition) is 7. The second-order valence-corrected chi connectivity index (χ2v) is 6.33. The van der Waals surface area contributed by atoms with Crippen LogP contribution in [-0.4, -0.2) is 45.9 Å². The van der Waals surface area contributed by atoms with Crippen molar-refractivity contribution in [3.05, 3.63) is 16.1 Å². The van der Waals surface area contributed by atoms with E-state index in [1.807, 2.05) is 0 Å². The molecule has 1 heterocycles. The third kappa shape index (κ3) is 2.65. The number of rotatable bonds is 2. The van der Waals surface area contributed by atoms with Crippen LogP contribution >= 0.6 is 15.9 Å². The van der Waals surface area contributed by atoms with Crippen LogP contribution in [0.15, 0.2) is 10.5 Å². The van der Waals surface area contributed by atoms with E-state index in [2.05, 4.69) is 15.9 Å². The zero-order valence-corrected chi connectivity index (χ0v) is 13.4. The molecule has 7 nitrogen and oxygen atoms in total. The maximum absolute atomic E-state index is 9.87. The van der Waals surface area contributed by atoms with Crippen molar-refractivity contribution in [3.63, 3.8) is 0 Å². The van der Waals surface area contributed by atoms with Crippen molar-refractivity contribution in [2.45, 2.75) is 43.5 Å². The fourth-order valence-electron chi connectivity index (χ4n) is 2.97. The standard InChI is InChI=1S/C14H17BrO7/c1-20-13-11(15)7(6-2-3-8(16)9(17)4-6)5-10-12(13)22-14(18,19)21-10/h5-6,8-9,16-19H,2-4H2,1H3. The Labute approximate surface area is 135 Å². The van der Waals surface area contributed by atoms with Crippen molar-refractivity contribution in [2.24, 2.45) is 0 Å². The number of aliphatic hydroxyl groups excluding tert-OH is 2. The van der Waals surface area contributed by atoms with Crippen molar-refractivity contribution in [3.8, 4) is 17.2 Å². The minimum absolute atomic E-state index is 0.0250. The lowest BCUT2D eigenvalue weighted by molar-refractivity contribution is -0.385. The lowest BCUT2D eigenvalue weighted by Crippen LogP contribution is -2.37. The highest BCUT2D eigenvalue weighted by Crippen LogP contribution is 2.52. The Kier molecular flexibility index (Phi) is 3.98. The quantitative estimate of drug-likeness (QED) is 0.565. The first-order chi connectivity index (χ1) is 10.3. The van der Waals surface area contributed by atoms with Crippen LogP contribution in [0.25, 0.3) is 0 Å². The highest BCUT2D eigenvalue weighted by molar-refractivity contribution is 9.10. The summed E-state index contributed by atoms with van der Waals surface area (Å²) in [5, 5.41) is 38.5. The Hall–Kier alpha value is -1.06. The van der Waals surface area contributed by atoms with Crippen LogP contribution in [0.2, 0.25) is 0 Å². The first-order valence-corrected chi connectivity index (χ1v) is 7.71. The van der Waals surface area contributed by atoms with E-state index in [0.717, 1.165) is 5.56 Å². The van der Waals surface area contributed by atoms with Gasteiger partial charge in [-0.15, -0.1) is 0 Å². The molecule has 1 saturated carbocycles. The van der Waals surface area contributed by atoms with Gasteiger partial charge in [0.05, 0.1) is 23.8 Å². The molecule has 1 aliphatic carbocycles. The Balaban J connectivity index is 2.00. The molecule has 122 valence electrons. The number of ether oxygens (including phenoxy) is 3. The first-order valence-electron chi connectivity index (χ1n) is 6.91. The van der Waals surface area contributed by atoms with Crippen molar-refractivity contribution < 1.29 is 34.6 Å². The molecule has 4 N–H and O–H groups in total. The van der Waals surface area contributed by atoms with E-state index >= 15 is 0 Å². The third-order valence-electron chi connectivity index (χ3n) is 4.07. The van der Waals surface area contributed by atoms with Crippen LogP contribution in [0.5, 0.6) is 17.2 Å². The average molecular weight is 377 g/mol. The van der Waals surface area contributed by atoms with Gasteiger partial charge in [-0.05, 0) is 52.7 Å². The minimum Gasteiger partial charge on any atom is -0.492 e. The van der Waals surface area contributed by atoms with Crippen LogP contribution in [0.3, 0.4) is 0 Å². The number of hydrogen-bond donors (Lipinski definition) is 4. The second-order valence-electron chi connectivity index (χ2n) is 5.54. The summed E-state index contributed by atoms with van der Waals surface area (Å²) in [6.07, 6.45) is -2.67. The summed E-state index contributed by atoms with van der Waals surface area (Å²) in [4.78, 5) is 0. The monoisotopic (exact) mass is 376 g/mol. The topological polar surface area (TPSA) is 109 Å². The first kappa shape index (κ1) is 15.8. The molecule has 8 heteroatoms. The number of aliphatic hydroxyl groups is 4. The summed E-state index contributed by atoms with van der Waals surface area (Å²) < 4.78 is 15.7. The van der Waals surface area contributed by atoms with Crippen LogP contribution in [-0.2, 0) is 0 Å². The molecule has 22 heavy (non-hydrogen) atoms. The van der Waals surface area contributed by atoms with Gasteiger partial charge in [-0.1, -0.05) is 0 Å². The molecular weight excluding hydrogens is 360 g/mol. The van der Waals surface area contributed by atoms with Gasteiger partial charge in [0, 0.05) is 0 Å². The molecule has 1 aliphatic heterocycles. The summed E-state index contributed by atoms with van der Waals surface area (Å²) >= 11 is 3.44. The number of methoxy groups -OCH3 is 1. The van der Waals surface area contributed by atoms with Crippen molar-refractivity contribution >= 4 is 15.9 Å². The second kappa shape index (κ2) is 5.54. The molecule has 3 atom stereocenters. The molecule has 0 spiro atoms. The number of benzene rings is 1. The maximum Gasteiger partial charge on any atom is 0.505 e. The molecule has 2 aliphatic rings. The SMILES string of the molecule is COc1c(Br)c(C2CCC(O)C(O)C2)cc2c1OC(O)(O)O2. The van der Waals surface area contributed by atoms with Gasteiger partial charge in [0.1, 0.15) is 0 Å². The molecule has 0 amide bonds. The highest BCUT2D eigenvalue weighted by atomic mass is 79.9. The Morgan fingerprint density at radius 3 is 2.59 bits per heavy atom. The predicted molar refractivity (Wildman–Crippen MR) is 77.7 cm³/mol. The number of fused-ring (bicyclic) bond motifs is 1. The largest absolute Gasteiger partial charge is 0.505 e. The molecule has 1 aromatic carbocycles. The predicted octanol–water partition coefficient (Wildman–Crippen LogP) is 0.814. The molecule has 0 radical (unpaired) electrons. The molecule has 0 aromatic heterocycles. The Bertz CT molecular complexity index is 589. The van der Waals surface area contributed by atoms with E-state index in [9.17, 15) is 20.4 Å². The molecule has 0 saturated heterocycles. The third-order valence-corrected chi connectivity index (χ3v) is 4.89. The summed E-state index contributed by atoms with van der Waals surface area (Å²) in [5.41, 5.74) is 0.794. The molecular formula is C14H17BrO7. The fourth-order valence-corrected chi connectivity index (χ4v) is 3.76. The molecule has 0 bridgehead atoms. The van der Waals surface area contributed by atoms with Crippen LogP contribution in [0, 0.1) is 0 Å². The fraction of sp³-hybridized carbons (Fsp3) is 0.571. The van der Waals surface area contributed by atoms with E-state index in [1.54, 1.807) is 6.07 Å². The summed E-state index contributed by atoms with van der Waals surface area (Å²) in [6.45, 7) is 0. The van der Waals surface area contributed by atoms with Gasteiger partial charge in [-0.3, -0.25) is 10.2 Å². The van der Waals surface area contributed by atoms with Gasteiger partial charge < -0.3 is 24.4 Å². The summed E-state index contributed by atoms with van der Waals surface area (Å²) in [7, 11) is 1.43.